The van der Waals surface area contributed by atoms with E-state index in [-0.39, 0.29) is 36.3 Å². The lowest BCUT2D eigenvalue weighted by Crippen LogP contribution is -2.37. The van der Waals surface area contributed by atoms with E-state index in [2.05, 4.69) is 20.7 Å². The number of nitrogens with zero attached hydrogens (tertiary/aromatic N) is 2. The van der Waals surface area contributed by atoms with Gasteiger partial charge in [0.1, 0.15) is 0 Å². The topological polar surface area (TPSA) is 91.8 Å². The molecule has 8 heteroatoms. The van der Waals surface area contributed by atoms with Gasteiger partial charge in [-0.1, -0.05) is 0 Å². The highest BCUT2D eigenvalue weighted by Crippen LogP contribution is 2.20. The van der Waals surface area contributed by atoms with Crippen LogP contribution in [0, 0.1) is 13.8 Å². The van der Waals surface area contributed by atoms with Gasteiger partial charge in [-0.3, -0.25) is 19.4 Å². The molecule has 0 saturated carbocycles. The van der Waals surface area contributed by atoms with Gasteiger partial charge in [-0.2, -0.15) is 0 Å². The van der Waals surface area contributed by atoms with Crippen molar-refractivity contribution < 1.29 is 4.79 Å². The van der Waals surface area contributed by atoms with Crippen LogP contribution in [0.5, 0.6) is 0 Å². The van der Waals surface area contributed by atoms with E-state index in [0.29, 0.717) is 11.0 Å². The summed E-state index contributed by atoms with van der Waals surface area (Å²) in [7, 11) is 1.76. The number of hydrogen-bond donors (Lipinski definition) is 3. The lowest BCUT2D eigenvalue weighted by atomic mass is 10.0. The Morgan fingerprint density at radius 2 is 2.17 bits per heavy atom. The zero-order chi connectivity index (χ0) is 15.9. The van der Waals surface area contributed by atoms with Gasteiger partial charge in [0.2, 0.25) is 5.91 Å². The number of aromatic nitrogens is 3. The van der Waals surface area contributed by atoms with Crippen molar-refractivity contribution in [1.29, 1.82) is 0 Å². The van der Waals surface area contributed by atoms with Crippen LogP contribution in [-0.2, 0) is 18.3 Å². The van der Waals surface area contributed by atoms with Crippen molar-refractivity contribution in [2.45, 2.75) is 32.7 Å². The Hall–Kier alpha value is -1.86. The van der Waals surface area contributed by atoms with Crippen molar-refractivity contribution in [3.8, 4) is 0 Å². The summed E-state index contributed by atoms with van der Waals surface area (Å²) in [6.07, 6.45) is 1.21. The largest absolute Gasteiger partial charge is 0.352 e. The Morgan fingerprint density at radius 1 is 1.43 bits per heavy atom. The van der Waals surface area contributed by atoms with E-state index in [9.17, 15) is 9.59 Å². The lowest BCUT2D eigenvalue weighted by Gasteiger charge is -2.14. The fourth-order valence-corrected chi connectivity index (χ4v) is 3.13. The third kappa shape index (κ3) is 3.25. The minimum atomic E-state index is -0.163. The van der Waals surface area contributed by atoms with Crippen molar-refractivity contribution in [3.63, 3.8) is 0 Å². The third-order valence-electron chi connectivity index (χ3n) is 4.34. The average molecular weight is 340 g/mol. The van der Waals surface area contributed by atoms with E-state index in [4.69, 9.17) is 0 Å². The maximum absolute atomic E-state index is 12.2. The van der Waals surface area contributed by atoms with Crippen LogP contribution >= 0.6 is 12.4 Å². The lowest BCUT2D eigenvalue weighted by molar-refractivity contribution is -0.121. The van der Waals surface area contributed by atoms with E-state index in [1.165, 1.54) is 0 Å². The van der Waals surface area contributed by atoms with Crippen molar-refractivity contribution in [3.05, 3.63) is 27.2 Å². The predicted octanol–water partition coefficient (Wildman–Crippen LogP) is 0.321. The van der Waals surface area contributed by atoms with Gasteiger partial charge in [-0.05, 0) is 37.9 Å². The molecule has 1 amide bonds. The molecule has 0 aliphatic carbocycles. The molecule has 23 heavy (non-hydrogen) atoms. The van der Waals surface area contributed by atoms with E-state index in [1.807, 2.05) is 13.8 Å². The van der Waals surface area contributed by atoms with Crippen molar-refractivity contribution in [2.75, 3.05) is 13.1 Å². The quantitative estimate of drug-likeness (QED) is 0.751. The summed E-state index contributed by atoms with van der Waals surface area (Å²) >= 11 is 0. The molecule has 1 saturated heterocycles. The molecule has 7 nitrogen and oxygen atoms in total. The zero-order valence-corrected chi connectivity index (χ0v) is 14.3. The van der Waals surface area contributed by atoms with Crippen LogP contribution in [0.1, 0.15) is 23.2 Å². The van der Waals surface area contributed by atoms with E-state index < -0.39 is 0 Å². The second-order valence-electron chi connectivity index (χ2n) is 5.93. The van der Waals surface area contributed by atoms with Crippen LogP contribution in [0.15, 0.2) is 4.79 Å². The van der Waals surface area contributed by atoms with Gasteiger partial charge in [0.15, 0.2) is 5.65 Å². The highest BCUT2D eigenvalue weighted by molar-refractivity contribution is 5.85. The van der Waals surface area contributed by atoms with Crippen LogP contribution in [0.25, 0.3) is 11.0 Å². The van der Waals surface area contributed by atoms with Gasteiger partial charge in [-0.15, -0.1) is 12.4 Å². The van der Waals surface area contributed by atoms with Gasteiger partial charge >= 0.3 is 0 Å². The number of rotatable bonds is 3. The number of fused-ring (bicyclic) bond motifs is 1. The number of halogens is 1. The monoisotopic (exact) mass is 339 g/mol. The first-order chi connectivity index (χ1) is 10.5. The second-order valence-corrected chi connectivity index (χ2v) is 5.93. The predicted molar refractivity (Wildman–Crippen MR) is 91.2 cm³/mol. The van der Waals surface area contributed by atoms with E-state index >= 15 is 0 Å². The maximum Gasteiger partial charge on any atom is 0.273 e. The third-order valence-corrected chi connectivity index (χ3v) is 4.34. The number of amides is 1. The normalized spacial score (nSPS) is 17.3. The molecule has 0 aromatic carbocycles. The smallest absolute Gasteiger partial charge is 0.273 e. The molecule has 1 aliphatic heterocycles. The van der Waals surface area contributed by atoms with Crippen LogP contribution in [0.2, 0.25) is 0 Å². The highest BCUT2D eigenvalue weighted by atomic mass is 35.5. The Kier molecular flexibility index (Phi) is 5.11. The Labute approximate surface area is 140 Å². The number of H-pyrrole nitrogens is 1. The molecule has 0 radical (unpaired) electrons. The molecule has 3 N–H and O–H groups in total. The molecule has 3 rings (SSSR count). The number of carbonyl (C=O) groups is 1. The first-order valence-corrected chi connectivity index (χ1v) is 7.52. The first-order valence-electron chi connectivity index (χ1n) is 7.52. The molecule has 1 aliphatic rings. The summed E-state index contributed by atoms with van der Waals surface area (Å²) < 4.78 is 1.62. The van der Waals surface area contributed by atoms with Crippen molar-refractivity contribution in [2.24, 2.45) is 7.05 Å². The van der Waals surface area contributed by atoms with Crippen LogP contribution < -0.4 is 16.2 Å². The van der Waals surface area contributed by atoms with E-state index in [1.54, 1.807) is 11.7 Å². The summed E-state index contributed by atoms with van der Waals surface area (Å²) in [5.41, 5.74) is 2.93. The fourth-order valence-electron chi connectivity index (χ4n) is 3.13. The summed E-state index contributed by atoms with van der Waals surface area (Å²) in [5, 5.41) is 9.53. The summed E-state index contributed by atoms with van der Waals surface area (Å²) in [6.45, 7) is 5.52. The maximum atomic E-state index is 12.2. The van der Waals surface area contributed by atoms with Gasteiger partial charge < -0.3 is 10.6 Å². The number of carbonyl (C=O) groups excluding carboxylic acids is 1. The van der Waals surface area contributed by atoms with E-state index in [0.717, 1.165) is 36.3 Å². The standard InChI is InChI=1S/C15H21N5O2.ClH/c1-8-11(6-12(21)18-10-4-5-16-7-10)9(2)17-14-13(8)15(22)19-20(14)3;/h10,16H,4-7H2,1-3H3,(H,18,21)(H,19,22);1H. The Balaban J connectivity index is 0.00000192. The number of pyridine rings is 1. The molecule has 1 fully saturated rings. The Morgan fingerprint density at radius 3 is 2.83 bits per heavy atom. The summed E-state index contributed by atoms with van der Waals surface area (Å²) in [5.74, 6) is -0.0200. The zero-order valence-electron chi connectivity index (χ0n) is 13.5. The molecule has 0 spiro atoms. The molecule has 3 heterocycles. The second kappa shape index (κ2) is 6.72. The molecule has 1 atom stereocenters. The first kappa shape index (κ1) is 17.5. The number of aromatic amines is 1. The van der Waals surface area contributed by atoms with Crippen molar-refractivity contribution >= 4 is 29.3 Å². The summed E-state index contributed by atoms with van der Waals surface area (Å²) in [4.78, 5) is 28.7. The van der Waals surface area contributed by atoms with Gasteiger partial charge in [0.05, 0.1) is 11.8 Å². The minimum Gasteiger partial charge on any atom is -0.352 e. The number of aryl methyl sites for hydroxylation is 3. The molecule has 2 aromatic heterocycles. The summed E-state index contributed by atoms with van der Waals surface area (Å²) in [6, 6.07) is 0.199. The average Bonchev–Trinajstić information content (AvgIpc) is 3.04. The number of nitrogens with one attached hydrogen (secondary N) is 3. The van der Waals surface area contributed by atoms with Gasteiger partial charge in [0, 0.05) is 25.3 Å². The van der Waals surface area contributed by atoms with Crippen molar-refractivity contribution in [1.82, 2.24) is 25.4 Å². The van der Waals surface area contributed by atoms with Crippen LogP contribution in [0.4, 0.5) is 0 Å². The van der Waals surface area contributed by atoms with Gasteiger partial charge in [0.25, 0.3) is 5.56 Å². The highest BCUT2D eigenvalue weighted by Gasteiger charge is 2.20. The molecular formula is C15H22ClN5O2. The molecule has 0 bridgehead atoms. The molecule has 1 unspecified atom stereocenters. The Bertz CT molecular complexity index is 789. The molecule has 126 valence electrons. The molecular weight excluding hydrogens is 318 g/mol. The SMILES string of the molecule is Cc1nc2c(c(C)c1CC(=O)NC1CCNC1)c(=O)[nH]n2C.Cl. The minimum absolute atomic E-state index is 0. The molecule has 2 aromatic rings. The fraction of sp³-hybridized carbons (Fsp3) is 0.533. The van der Waals surface area contributed by atoms with Gasteiger partial charge in [-0.25, -0.2) is 4.98 Å². The van der Waals surface area contributed by atoms with Crippen LogP contribution in [-0.4, -0.2) is 39.8 Å². The number of hydrogen-bond acceptors (Lipinski definition) is 4. The van der Waals surface area contributed by atoms with Crippen LogP contribution in [0.3, 0.4) is 0 Å².